The van der Waals surface area contributed by atoms with Gasteiger partial charge < -0.3 is 10.2 Å². The van der Waals surface area contributed by atoms with Gasteiger partial charge in [0.25, 0.3) is 0 Å². The molecular weight excluding hydrogens is 176 g/mol. The van der Waals surface area contributed by atoms with Gasteiger partial charge in [0.15, 0.2) is 0 Å². The van der Waals surface area contributed by atoms with E-state index in [0.717, 1.165) is 11.1 Å². The number of rotatable bonds is 3. The van der Waals surface area contributed by atoms with E-state index in [1.165, 1.54) is 0 Å². The highest BCUT2D eigenvalue weighted by Crippen LogP contribution is 2.06. The lowest BCUT2D eigenvalue weighted by molar-refractivity contribution is 0.281. The van der Waals surface area contributed by atoms with Crippen LogP contribution in [0.25, 0.3) is 0 Å². The van der Waals surface area contributed by atoms with E-state index >= 15 is 0 Å². The maximum atomic E-state index is 9.01. The highest BCUT2D eigenvalue weighted by atomic mass is 16.3. The van der Waals surface area contributed by atoms with Crippen molar-refractivity contribution in [2.45, 2.75) is 19.4 Å². The third-order valence-electron chi connectivity index (χ3n) is 1.87. The molecule has 0 aromatic heterocycles. The first-order chi connectivity index (χ1) is 6.88. The van der Waals surface area contributed by atoms with Crippen molar-refractivity contribution >= 4 is 0 Å². The molecule has 0 bridgehead atoms. The minimum atomic E-state index is 0.0187. The molecule has 0 saturated heterocycles. The maximum absolute atomic E-state index is 9.01. The third kappa shape index (κ3) is 3.21. The molecule has 1 aromatic carbocycles. The van der Waals surface area contributed by atoms with E-state index in [1.54, 1.807) is 0 Å². The van der Waals surface area contributed by atoms with E-state index in [4.69, 9.17) is 10.2 Å². The molecule has 0 aliphatic heterocycles. The zero-order valence-corrected chi connectivity index (χ0v) is 8.03. The Hall–Kier alpha value is -1.30. The zero-order valence-electron chi connectivity index (χ0n) is 8.03. The second-order valence-corrected chi connectivity index (χ2v) is 2.94. The molecule has 74 valence electrons. The van der Waals surface area contributed by atoms with Gasteiger partial charge in [0.05, 0.1) is 6.61 Å². The monoisotopic (exact) mass is 190 g/mol. The van der Waals surface area contributed by atoms with Crippen LogP contribution < -0.4 is 0 Å². The van der Waals surface area contributed by atoms with Gasteiger partial charge in [-0.25, -0.2) is 0 Å². The van der Waals surface area contributed by atoms with Crippen molar-refractivity contribution in [3.8, 4) is 11.8 Å². The number of benzene rings is 1. The van der Waals surface area contributed by atoms with Crippen molar-refractivity contribution in [2.75, 3.05) is 6.61 Å². The number of unbranched alkanes of at least 4 members (excludes halogenated alkanes) is 1. The smallest absolute Gasteiger partial charge is 0.0694 e. The second-order valence-electron chi connectivity index (χ2n) is 2.94. The van der Waals surface area contributed by atoms with Crippen LogP contribution in [-0.2, 0) is 6.61 Å². The number of aliphatic hydroxyl groups is 2. The van der Waals surface area contributed by atoms with Gasteiger partial charge in [-0.2, -0.15) is 0 Å². The Bertz CT molecular complexity index is 334. The molecule has 0 heterocycles. The van der Waals surface area contributed by atoms with Crippen molar-refractivity contribution < 1.29 is 10.2 Å². The van der Waals surface area contributed by atoms with E-state index in [2.05, 4.69) is 11.8 Å². The van der Waals surface area contributed by atoms with Crippen molar-refractivity contribution in [3.05, 3.63) is 35.4 Å². The fraction of sp³-hybridized carbons (Fsp3) is 0.333. The van der Waals surface area contributed by atoms with Crippen molar-refractivity contribution in [1.82, 2.24) is 0 Å². The molecule has 0 aliphatic rings. The first-order valence-electron chi connectivity index (χ1n) is 4.67. The van der Waals surface area contributed by atoms with E-state index in [0.29, 0.717) is 12.8 Å². The van der Waals surface area contributed by atoms with Crippen LogP contribution in [0, 0.1) is 11.8 Å². The highest BCUT2D eigenvalue weighted by molar-refractivity contribution is 5.40. The van der Waals surface area contributed by atoms with Crippen LogP contribution in [0.15, 0.2) is 24.3 Å². The van der Waals surface area contributed by atoms with Crippen LogP contribution in [0.3, 0.4) is 0 Å². The van der Waals surface area contributed by atoms with Gasteiger partial charge in [0.2, 0.25) is 0 Å². The van der Waals surface area contributed by atoms with Crippen molar-refractivity contribution in [2.24, 2.45) is 0 Å². The lowest BCUT2D eigenvalue weighted by Crippen LogP contribution is -1.88. The Morgan fingerprint density at radius 1 is 1.14 bits per heavy atom. The molecule has 14 heavy (non-hydrogen) atoms. The topological polar surface area (TPSA) is 40.5 Å². The summed E-state index contributed by atoms with van der Waals surface area (Å²) in [4.78, 5) is 0. The van der Waals surface area contributed by atoms with Crippen LogP contribution in [0.4, 0.5) is 0 Å². The van der Waals surface area contributed by atoms with Gasteiger partial charge in [-0.1, -0.05) is 30.0 Å². The minimum absolute atomic E-state index is 0.0187. The lowest BCUT2D eigenvalue weighted by atomic mass is 10.1. The molecule has 0 radical (unpaired) electrons. The van der Waals surface area contributed by atoms with E-state index in [-0.39, 0.29) is 13.2 Å². The molecule has 0 spiro atoms. The summed E-state index contributed by atoms with van der Waals surface area (Å²) in [6.45, 7) is 0.196. The molecule has 0 saturated carbocycles. The van der Waals surface area contributed by atoms with Gasteiger partial charge in [0, 0.05) is 18.6 Å². The number of hydrogen-bond acceptors (Lipinski definition) is 2. The fourth-order valence-corrected chi connectivity index (χ4v) is 1.11. The highest BCUT2D eigenvalue weighted by Gasteiger charge is 1.94. The molecule has 0 fully saturated rings. The predicted octanol–water partition coefficient (Wildman–Crippen LogP) is 1.30. The quantitative estimate of drug-likeness (QED) is 0.557. The molecule has 0 unspecified atom stereocenters. The molecule has 0 aliphatic carbocycles. The van der Waals surface area contributed by atoms with Crippen LogP contribution in [0.1, 0.15) is 24.0 Å². The average Bonchev–Trinajstić information content (AvgIpc) is 2.25. The van der Waals surface area contributed by atoms with E-state index in [1.807, 2.05) is 24.3 Å². The van der Waals surface area contributed by atoms with E-state index in [9.17, 15) is 0 Å². The van der Waals surface area contributed by atoms with Gasteiger partial charge in [-0.15, -0.1) is 0 Å². The first-order valence-corrected chi connectivity index (χ1v) is 4.67. The Morgan fingerprint density at radius 2 is 1.93 bits per heavy atom. The Balaban J connectivity index is 2.68. The second kappa shape index (κ2) is 6.20. The fourth-order valence-electron chi connectivity index (χ4n) is 1.11. The standard InChI is InChI=1S/C12H14O2/c13-9-5-1-2-6-11-7-3-4-8-12(11)10-14/h3-4,7-8,13-14H,1,5,9-10H2. The van der Waals surface area contributed by atoms with Gasteiger partial charge >= 0.3 is 0 Å². The van der Waals surface area contributed by atoms with Crippen LogP contribution in [0.2, 0.25) is 0 Å². The SMILES string of the molecule is OCCCC#Cc1ccccc1CO. The normalized spacial score (nSPS) is 9.29. The molecule has 2 nitrogen and oxygen atoms in total. The molecule has 0 amide bonds. The summed E-state index contributed by atoms with van der Waals surface area (Å²) >= 11 is 0. The first kappa shape index (κ1) is 10.8. The summed E-state index contributed by atoms with van der Waals surface area (Å²) in [5, 5.41) is 17.6. The summed E-state index contributed by atoms with van der Waals surface area (Å²) in [5.41, 5.74) is 1.72. The Morgan fingerprint density at radius 3 is 2.64 bits per heavy atom. The van der Waals surface area contributed by atoms with Crippen molar-refractivity contribution in [3.63, 3.8) is 0 Å². The molecule has 1 rings (SSSR count). The molecular formula is C12H14O2. The molecule has 2 N–H and O–H groups in total. The third-order valence-corrected chi connectivity index (χ3v) is 1.87. The summed E-state index contributed by atoms with van der Waals surface area (Å²) in [6.07, 6.45) is 1.39. The summed E-state index contributed by atoms with van der Waals surface area (Å²) < 4.78 is 0. The molecule has 2 heteroatoms. The van der Waals surface area contributed by atoms with Crippen LogP contribution in [0.5, 0.6) is 0 Å². The Labute approximate surface area is 84.2 Å². The van der Waals surface area contributed by atoms with Gasteiger partial charge in [-0.3, -0.25) is 0 Å². The zero-order chi connectivity index (χ0) is 10.2. The molecule has 0 atom stereocenters. The lowest BCUT2D eigenvalue weighted by Gasteiger charge is -1.98. The van der Waals surface area contributed by atoms with Crippen LogP contribution in [-0.4, -0.2) is 16.8 Å². The Kier molecular flexibility index (Phi) is 4.77. The van der Waals surface area contributed by atoms with E-state index < -0.39 is 0 Å². The minimum Gasteiger partial charge on any atom is -0.396 e. The molecule has 1 aromatic rings. The van der Waals surface area contributed by atoms with Gasteiger partial charge in [0.1, 0.15) is 0 Å². The van der Waals surface area contributed by atoms with Crippen LogP contribution >= 0.6 is 0 Å². The number of aliphatic hydroxyl groups excluding tert-OH is 2. The summed E-state index contributed by atoms with van der Waals surface area (Å²) in [6, 6.07) is 7.52. The average molecular weight is 190 g/mol. The number of hydrogen-bond donors (Lipinski definition) is 2. The van der Waals surface area contributed by atoms with Crippen molar-refractivity contribution in [1.29, 1.82) is 0 Å². The summed E-state index contributed by atoms with van der Waals surface area (Å²) in [5.74, 6) is 5.93. The van der Waals surface area contributed by atoms with Gasteiger partial charge in [-0.05, 0) is 18.1 Å². The summed E-state index contributed by atoms with van der Waals surface area (Å²) in [7, 11) is 0. The maximum Gasteiger partial charge on any atom is 0.0694 e. The largest absolute Gasteiger partial charge is 0.396 e. The predicted molar refractivity (Wildman–Crippen MR) is 55.6 cm³/mol.